The van der Waals surface area contributed by atoms with Gasteiger partial charge in [-0.05, 0) is 6.07 Å². The summed E-state index contributed by atoms with van der Waals surface area (Å²) >= 11 is 0. The lowest BCUT2D eigenvalue weighted by atomic mass is 10.1. The number of halogens is 3. The van der Waals surface area contributed by atoms with Crippen LogP contribution in [0.25, 0.3) is 0 Å². The number of nitro groups is 1. The van der Waals surface area contributed by atoms with Crippen molar-refractivity contribution in [3.63, 3.8) is 0 Å². The van der Waals surface area contributed by atoms with Gasteiger partial charge in [-0.15, -0.1) is 0 Å². The first-order valence-electron chi connectivity index (χ1n) is 9.05. The molecule has 0 aliphatic carbocycles. The lowest BCUT2D eigenvalue weighted by molar-refractivity contribution is -0.385. The van der Waals surface area contributed by atoms with E-state index in [2.05, 4.69) is 15.0 Å². The number of nitrogens with zero attached hydrogens (tertiary/aromatic N) is 7. The summed E-state index contributed by atoms with van der Waals surface area (Å²) in [5.74, 6) is 1.01. The Kier molecular flexibility index (Phi) is 5.92. The number of rotatable bonds is 5. The van der Waals surface area contributed by atoms with Crippen LogP contribution in [0.4, 0.5) is 36.4 Å². The van der Waals surface area contributed by atoms with E-state index in [4.69, 9.17) is 5.73 Å². The van der Waals surface area contributed by atoms with Crippen molar-refractivity contribution in [1.29, 1.82) is 0 Å². The molecular weight excluding hydrogens is 405 g/mol. The number of non-ortho nitro benzene ring substituents is 1. The van der Waals surface area contributed by atoms with Gasteiger partial charge < -0.3 is 15.5 Å². The summed E-state index contributed by atoms with van der Waals surface area (Å²) in [6.45, 7) is 1.96. The fourth-order valence-corrected chi connectivity index (χ4v) is 3.18. The summed E-state index contributed by atoms with van der Waals surface area (Å²) in [5.41, 5.74) is 4.06. The van der Waals surface area contributed by atoms with Gasteiger partial charge in [-0.1, -0.05) is 0 Å². The minimum atomic E-state index is -4.69. The van der Waals surface area contributed by atoms with Crippen LogP contribution in [-0.2, 0) is 12.7 Å². The molecule has 1 saturated heterocycles. The predicted molar refractivity (Wildman–Crippen MR) is 104 cm³/mol. The molecule has 0 saturated carbocycles. The van der Waals surface area contributed by atoms with Gasteiger partial charge in [0.1, 0.15) is 5.82 Å². The van der Waals surface area contributed by atoms with Crippen LogP contribution in [0.2, 0.25) is 0 Å². The second-order valence-electron chi connectivity index (χ2n) is 7.02. The topological polar surface area (TPSA) is 118 Å². The van der Waals surface area contributed by atoms with Crippen molar-refractivity contribution in [2.75, 3.05) is 55.8 Å². The Bertz CT molecular complexity index is 930. The summed E-state index contributed by atoms with van der Waals surface area (Å²) < 4.78 is 40.4. The molecule has 2 heterocycles. The molecule has 1 aromatic heterocycles. The maximum atomic E-state index is 13.5. The van der Waals surface area contributed by atoms with E-state index < -0.39 is 22.4 Å². The zero-order chi connectivity index (χ0) is 22.1. The highest BCUT2D eigenvalue weighted by Crippen LogP contribution is 2.39. The second-order valence-corrected chi connectivity index (χ2v) is 7.02. The van der Waals surface area contributed by atoms with Crippen LogP contribution < -0.4 is 15.5 Å². The van der Waals surface area contributed by atoms with E-state index >= 15 is 0 Å². The SMILES string of the molecule is CN(C)c1nc(N)nc(CN2CCN(c3ccc([N+](=O)[O-])cc3C(F)(F)F)CC2)n1. The van der Waals surface area contributed by atoms with Crippen LogP contribution in [0.1, 0.15) is 11.4 Å². The van der Waals surface area contributed by atoms with Crippen molar-refractivity contribution in [1.82, 2.24) is 19.9 Å². The van der Waals surface area contributed by atoms with Crippen LogP contribution in [0, 0.1) is 10.1 Å². The number of piperazine rings is 1. The smallest absolute Gasteiger partial charge is 0.368 e. The quantitative estimate of drug-likeness (QED) is 0.564. The fourth-order valence-electron chi connectivity index (χ4n) is 3.18. The van der Waals surface area contributed by atoms with Gasteiger partial charge in [0.2, 0.25) is 11.9 Å². The minimum absolute atomic E-state index is 0.0629. The second kappa shape index (κ2) is 8.26. The molecule has 2 aromatic rings. The minimum Gasteiger partial charge on any atom is -0.368 e. The third-order valence-corrected chi connectivity index (χ3v) is 4.66. The van der Waals surface area contributed by atoms with Crippen molar-refractivity contribution in [3.8, 4) is 0 Å². The average Bonchev–Trinajstić information content (AvgIpc) is 2.67. The number of hydrogen-bond acceptors (Lipinski definition) is 9. The number of benzene rings is 1. The Balaban J connectivity index is 1.72. The highest BCUT2D eigenvalue weighted by atomic mass is 19.4. The maximum Gasteiger partial charge on any atom is 0.418 e. The van der Waals surface area contributed by atoms with Gasteiger partial charge in [0.25, 0.3) is 5.69 Å². The van der Waals surface area contributed by atoms with Crippen molar-refractivity contribution < 1.29 is 18.1 Å². The Morgan fingerprint density at radius 3 is 2.40 bits per heavy atom. The fraction of sp³-hybridized carbons (Fsp3) is 0.471. The average molecular weight is 426 g/mol. The largest absolute Gasteiger partial charge is 0.418 e. The van der Waals surface area contributed by atoms with Crippen molar-refractivity contribution in [3.05, 3.63) is 39.7 Å². The first kappa shape index (κ1) is 21.5. The molecule has 0 bridgehead atoms. The zero-order valence-corrected chi connectivity index (χ0v) is 16.4. The van der Waals surface area contributed by atoms with Gasteiger partial charge in [-0.3, -0.25) is 15.0 Å². The summed E-state index contributed by atoms with van der Waals surface area (Å²) in [6.07, 6.45) is -4.69. The summed E-state index contributed by atoms with van der Waals surface area (Å²) in [5, 5.41) is 10.9. The molecule has 13 heteroatoms. The third-order valence-electron chi connectivity index (χ3n) is 4.66. The molecule has 0 unspecified atom stereocenters. The van der Waals surface area contributed by atoms with Crippen LogP contribution in [0.3, 0.4) is 0 Å². The van der Waals surface area contributed by atoms with E-state index in [0.717, 1.165) is 12.1 Å². The lowest BCUT2D eigenvalue weighted by Gasteiger charge is -2.36. The van der Waals surface area contributed by atoms with Crippen LogP contribution in [0.5, 0.6) is 0 Å². The Labute approximate surface area is 170 Å². The van der Waals surface area contributed by atoms with Gasteiger partial charge in [-0.25, -0.2) is 0 Å². The van der Waals surface area contributed by atoms with E-state index in [9.17, 15) is 23.3 Å². The third kappa shape index (κ3) is 4.84. The molecule has 1 aliphatic heterocycles. The Morgan fingerprint density at radius 1 is 1.17 bits per heavy atom. The first-order chi connectivity index (χ1) is 14.0. The highest BCUT2D eigenvalue weighted by Gasteiger charge is 2.37. The summed E-state index contributed by atoms with van der Waals surface area (Å²) in [6, 6.07) is 2.83. The summed E-state index contributed by atoms with van der Waals surface area (Å²) in [7, 11) is 3.56. The lowest BCUT2D eigenvalue weighted by Crippen LogP contribution is -2.46. The number of nitrogen functional groups attached to an aromatic ring is 1. The van der Waals surface area contributed by atoms with Crippen LogP contribution in [0.15, 0.2) is 18.2 Å². The Hall–Kier alpha value is -3.22. The molecule has 1 fully saturated rings. The molecule has 10 nitrogen and oxygen atoms in total. The number of nitro benzene ring substituents is 1. The molecule has 1 aromatic carbocycles. The number of nitrogens with two attached hydrogens (primary N) is 1. The summed E-state index contributed by atoms with van der Waals surface area (Å²) in [4.78, 5) is 27.8. The van der Waals surface area contributed by atoms with Gasteiger partial charge in [-0.2, -0.15) is 28.1 Å². The molecule has 0 spiro atoms. The molecule has 3 rings (SSSR count). The molecule has 0 atom stereocenters. The van der Waals surface area contributed by atoms with Gasteiger partial charge in [0.15, 0.2) is 0 Å². The molecule has 30 heavy (non-hydrogen) atoms. The number of alkyl halides is 3. The van der Waals surface area contributed by atoms with Crippen molar-refractivity contribution in [2.45, 2.75) is 12.7 Å². The molecule has 1 aliphatic rings. The normalized spacial score (nSPS) is 15.3. The van der Waals surface area contributed by atoms with Gasteiger partial charge in [0, 0.05) is 58.1 Å². The number of hydrogen-bond donors (Lipinski definition) is 1. The predicted octanol–water partition coefficient (Wildman–Crippen LogP) is 1.77. The maximum absolute atomic E-state index is 13.5. The number of anilines is 3. The van der Waals surface area contributed by atoms with Crippen molar-refractivity contribution in [2.24, 2.45) is 0 Å². The standard InChI is InChI=1S/C17H21F3N8O2/c1-25(2)16-23-14(22-15(21)24-16)10-26-5-7-27(8-6-26)13-4-3-11(28(29)30)9-12(13)17(18,19)20/h3-4,9H,5-8,10H2,1-2H3,(H2,21,22,23,24). The van der Waals surface area contributed by atoms with Crippen molar-refractivity contribution >= 4 is 23.3 Å². The number of aromatic nitrogens is 3. The first-order valence-corrected chi connectivity index (χ1v) is 9.05. The molecule has 0 amide bonds. The molecular formula is C17H21F3N8O2. The van der Waals surface area contributed by atoms with E-state index in [0.29, 0.717) is 50.6 Å². The van der Waals surface area contributed by atoms with E-state index in [1.807, 2.05) is 4.90 Å². The zero-order valence-electron chi connectivity index (χ0n) is 16.4. The monoisotopic (exact) mass is 426 g/mol. The van der Waals surface area contributed by atoms with E-state index in [1.54, 1.807) is 23.9 Å². The van der Waals surface area contributed by atoms with Crippen LogP contribution >= 0.6 is 0 Å². The van der Waals surface area contributed by atoms with E-state index in [1.165, 1.54) is 0 Å². The molecule has 162 valence electrons. The van der Waals surface area contributed by atoms with E-state index in [-0.39, 0.29) is 11.6 Å². The molecule has 0 radical (unpaired) electrons. The Morgan fingerprint density at radius 2 is 1.83 bits per heavy atom. The van der Waals surface area contributed by atoms with Crippen LogP contribution in [-0.4, -0.2) is 65.0 Å². The van der Waals surface area contributed by atoms with Gasteiger partial charge >= 0.3 is 6.18 Å². The highest BCUT2D eigenvalue weighted by molar-refractivity contribution is 5.59. The molecule has 2 N–H and O–H groups in total. The van der Waals surface area contributed by atoms with Gasteiger partial charge in [0.05, 0.1) is 17.0 Å².